The maximum absolute atomic E-state index is 12.3. The number of amides is 1. The fourth-order valence-electron chi connectivity index (χ4n) is 2.13. The van der Waals surface area contributed by atoms with Crippen LogP contribution in [0.3, 0.4) is 0 Å². The Hall–Kier alpha value is -1.92. The Labute approximate surface area is 144 Å². The van der Waals surface area contributed by atoms with E-state index in [2.05, 4.69) is 0 Å². The molecule has 0 radical (unpaired) electrons. The summed E-state index contributed by atoms with van der Waals surface area (Å²) in [5.41, 5.74) is 2.01. The lowest BCUT2D eigenvalue weighted by Crippen LogP contribution is -2.30. The molecule has 120 valence electrons. The van der Waals surface area contributed by atoms with Crippen LogP contribution in [0.25, 0.3) is 6.08 Å². The fourth-order valence-corrected chi connectivity index (χ4v) is 3.49. The Morgan fingerprint density at radius 1 is 1.35 bits per heavy atom. The summed E-state index contributed by atoms with van der Waals surface area (Å²) in [5.74, 6) is -1.29. The molecule has 1 heterocycles. The summed E-state index contributed by atoms with van der Waals surface area (Å²) in [5, 5.41) is 10.4. The van der Waals surface area contributed by atoms with Crippen molar-refractivity contribution in [1.82, 2.24) is 4.90 Å². The molecule has 1 saturated heterocycles. The van der Waals surface area contributed by atoms with Gasteiger partial charge in [0.25, 0.3) is 5.91 Å². The summed E-state index contributed by atoms with van der Waals surface area (Å²) in [6, 6.07) is 9.83. The highest BCUT2D eigenvalue weighted by Crippen LogP contribution is 2.32. The zero-order valence-electron chi connectivity index (χ0n) is 12.7. The van der Waals surface area contributed by atoms with Gasteiger partial charge in [-0.05, 0) is 37.0 Å². The molecular formula is C17H16NO3S2-. The minimum atomic E-state index is -1.12. The van der Waals surface area contributed by atoms with E-state index in [1.807, 2.05) is 49.4 Å². The number of carboxylic acid groups (broad SMARTS) is 1. The summed E-state index contributed by atoms with van der Waals surface area (Å²) in [4.78, 5) is 24.8. The van der Waals surface area contributed by atoms with Crippen molar-refractivity contribution >= 4 is 46.3 Å². The molecule has 1 aliphatic heterocycles. The summed E-state index contributed by atoms with van der Waals surface area (Å²) < 4.78 is 0.465. The number of hydrogen-bond acceptors (Lipinski definition) is 5. The molecule has 0 atom stereocenters. The van der Waals surface area contributed by atoms with Crippen LogP contribution in [0, 0.1) is 0 Å². The second kappa shape index (κ2) is 8.08. The van der Waals surface area contributed by atoms with E-state index in [-0.39, 0.29) is 12.3 Å². The number of nitrogens with zero attached hydrogens (tertiary/aromatic N) is 1. The van der Waals surface area contributed by atoms with E-state index < -0.39 is 5.97 Å². The lowest BCUT2D eigenvalue weighted by atomic mass is 10.1. The van der Waals surface area contributed by atoms with Crippen LogP contribution in [-0.2, 0) is 9.59 Å². The van der Waals surface area contributed by atoms with E-state index in [1.165, 1.54) is 16.7 Å². The minimum Gasteiger partial charge on any atom is -0.550 e. The third-order valence-electron chi connectivity index (χ3n) is 3.19. The van der Waals surface area contributed by atoms with Crippen molar-refractivity contribution in [1.29, 1.82) is 0 Å². The van der Waals surface area contributed by atoms with E-state index in [0.29, 0.717) is 22.2 Å². The predicted octanol–water partition coefficient (Wildman–Crippen LogP) is 2.36. The zero-order chi connectivity index (χ0) is 16.8. The molecule has 0 bridgehead atoms. The number of carbonyl (C=O) groups excluding carboxylic acids is 2. The maximum atomic E-state index is 12.3. The van der Waals surface area contributed by atoms with E-state index in [4.69, 9.17) is 12.2 Å². The maximum Gasteiger partial charge on any atom is 0.266 e. The first kappa shape index (κ1) is 17.4. The standard InChI is InChI=1S/C17H17NO3S2/c1-12(10-13-6-3-2-4-7-13)11-14-16(21)18(17(22)23-14)9-5-8-15(19)20/h2-4,6-7,10-11H,5,8-9H2,1H3,(H,19,20)/p-1/b12-10?,14-11-. The summed E-state index contributed by atoms with van der Waals surface area (Å²) in [7, 11) is 0. The van der Waals surface area contributed by atoms with Crippen LogP contribution in [0.4, 0.5) is 0 Å². The van der Waals surface area contributed by atoms with Crippen molar-refractivity contribution < 1.29 is 14.7 Å². The van der Waals surface area contributed by atoms with Gasteiger partial charge < -0.3 is 9.90 Å². The van der Waals surface area contributed by atoms with Gasteiger partial charge in [0.05, 0.1) is 4.91 Å². The van der Waals surface area contributed by atoms with Gasteiger partial charge in [0.2, 0.25) is 0 Å². The van der Waals surface area contributed by atoms with Crippen LogP contribution in [0.2, 0.25) is 0 Å². The Kier molecular flexibility index (Phi) is 6.12. The molecule has 2 rings (SSSR count). The Morgan fingerprint density at radius 3 is 2.70 bits per heavy atom. The van der Waals surface area contributed by atoms with Gasteiger partial charge in [-0.3, -0.25) is 9.69 Å². The molecule has 0 spiro atoms. The first-order valence-electron chi connectivity index (χ1n) is 7.16. The van der Waals surface area contributed by atoms with E-state index >= 15 is 0 Å². The highest BCUT2D eigenvalue weighted by Gasteiger charge is 2.31. The Balaban J connectivity index is 2.06. The van der Waals surface area contributed by atoms with Crippen LogP contribution in [0.15, 0.2) is 46.9 Å². The number of carboxylic acids is 1. The van der Waals surface area contributed by atoms with Crippen molar-refractivity contribution in [2.75, 3.05) is 6.54 Å². The number of benzene rings is 1. The number of rotatable bonds is 6. The molecule has 1 aromatic carbocycles. The Morgan fingerprint density at radius 2 is 2.04 bits per heavy atom. The number of aliphatic carboxylic acids is 1. The molecule has 0 aromatic heterocycles. The second-order valence-corrected chi connectivity index (χ2v) is 6.78. The van der Waals surface area contributed by atoms with Crippen LogP contribution in [-0.4, -0.2) is 27.6 Å². The number of thiocarbonyl (C=S) groups is 1. The van der Waals surface area contributed by atoms with Crippen LogP contribution < -0.4 is 5.11 Å². The van der Waals surface area contributed by atoms with Crippen LogP contribution >= 0.6 is 24.0 Å². The average molecular weight is 346 g/mol. The molecular weight excluding hydrogens is 330 g/mol. The minimum absolute atomic E-state index is 0.0803. The highest BCUT2D eigenvalue weighted by atomic mass is 32.2. The molecule has 0 N–H and O–H groups in total. The molecule has 1 amide bonds. The van der Waals surface area contributed by atoms with Gasteiger partial charge in [0.15, 0.2) is 0 Å². The third-order valence-corrected chi connectivity index (χ3v) is 4.57. The van der Waals surface area contributed by atoms with Crippen molar-refractivity contribution in [3.8, 4) is 0 Å². The van der Waals surface area contributed by atoms with Gasteiger partial charge >= 0.3 is 0 Å². The first-order chi connectivity index (χ1) is 11.0. The first-order valence-corrected chi connectivity index (χ1v) is 8.38. The van der Waals surface area contributed by atoms with Gasteiger partial charge in [-0.15, -0.1) is 0 Å². The summed E-state index contributed by atoms with van der Waals surface area (Å²) in [6.07, 6.45) is 4.05. The number of thioether (sulfide) groups is 1. The van der Waals surface area contributed by atoms with Gasteiger partial charge in [-0.2, -0.15) is 0 Å². The van der Waals surface area contributed by atoms with Crippen molar-refractivity contribution in [3.63, 3.8) is 0 Å². The highest BCUT2D eigenvalue weighted by molar-refractivity contribution is 8.26. The topological polar surface area (TPSA) is 60.4 Å². The predicted molar refractivity (Wildman–Crippen MR) is 94.3 cm³/mol. The summed E-state index contributed by atoms with van der Waals surface area (Å²) >= 11 is 6.45. The molecule has 23 heavy (non-hydrogen) atoms. The van der Waals surface area contributed by atoms with Gasteiger partial charge in [0, 0.05) is 12.5 Å². The van der Waals surface area contributed by atoms with Crippen molar-refractivity contribution in [2.24, 2.45) is 0 Å². The summed E-state index contributed by atoms with van der Waals surface area (Å²) in [6.45, 7) is 2.23. The number of allylic oxidation sites excluding steroid dienone is 2. The van der Waals surface area contributed by atoms with Gasteiger partial charge in [-0.25, -0.2) is 0 Å². The van der Waals surface area contributed by atoms with Crippen molar-refractivity contribution in [3.05, 3.63) is 52.4 Å². The van der Waals surface area contributed by atoms with Crippen LogP contribution in [0.5, 0.6) is 0 Å². The molecule has 0 saturated carbocycles. The molecule has 6 heteroatoms. The lowest BCUT2D eigenvalue weighted by Gasteiger charge is -2.14. The fraction of sp³-hybridized carbons (Fsp3) is 0.235. The normalized spacial score (nSPS) is 17.2. The largest absolute Gasteiger partial charge is 0.550 e. The lowest BCUT2D eigenvalue weighted by molar-refractivity contribution is -0.305. The third kappa shape index (κ3) is 5.04. The molecule has 1 aliphatic rings. The monoisotopic (exact) mass is 346 g/mol. The van der Waals surface area contributed by atoms with Crippen LogP contribution in [0.1, 0.15) is 25.3 Å². The SMILES string of the molecule is CC(=Cc1ccccc1)/C=C1\SC(=S)N(CCCC(=O)[O-])C1=O. The Bertz CT molecular complexity index is 680. The average Bonchev–Trinajstić information content (AvgIpc) is 2.75. The second-order valence-electron chi connectivity index (χ2n) is 5.11. The van der Waals surface area contributed by atoms with E-state index in [9.17, 15) is 14.7 Å². The van der Waals surface area contributed by atoms with E-state index in [0.717, 1.165) is 11.1 Å². The van der Waals surface area contributed by atoms with Gasteiger partial charge in [-0.1, -0.05) is 60.4 Å². The molecule has 1 aromatic rings. The zero-order valence-corrected chi connectivity index (χ0v) is 14.3. The molecule has 4 nitrogen and oxygen atoms in total. The van der Waals surface area contributed by atoms with Gasteiger partial charge in [0.1, 0.15) is 4.32 Å². The number of carbonyl (C=O) groups is 2. The molecule has 0 aliphatic carbocycles. The quantitative estimate of drug-likeness (QED) is 0.585. The smallest absolute Gasteiger partial charge is 0.266 e. The molecule has 1 fully saturated rings. The van der Waals surface area contributed by atoms with E-state index in [1.54, 1.807) is 0 Å². The van der Waals surface area contributed by atoms with Crippen molar-refractivity contribution in [2.45, 2.75) is 19.8 Å². The number of hydrogen-bond donors (Lipinski definition) is 0. The molecule has 0 unspecified atom stereocenters.